The van der Waals surface area contributed by atoms with Crippen molar-refractivity contribution in [2.45, 2.75) is 70.3 Å². The number of hydrogen-bond acceptors (Lipinski definition) is 4. The molecule has 35 heavy (non-hydrogen) atoms. The summed E-state index contributed by atoms with van der Waals surface area (Å²) in [4.78, 5) is 17.6. The molecule has 1 aromatic heterocycles. The zero-order chi connectivity index (χ0) is 25.4. The van der Waals surface area contributed by atoms with Gasteiger partial charge in [-0.25, -0.2) is 0 Å². The van der Waals surface area contributed by atoms with Gasteiger partial charge in [0.2, 0.25) is 0 Å². The van der Waals surface area contributed by atoms with Crippen molar-refractivity contribution < 1.29 is 27.4 Å². The van der Waals surface area contributed by atoms with Crippen LogP contribution in [-0.4, -0.2) is 47.2 Å². The molecule has 2 aliphatic heterocycles. The van der Waals surface area contributed by atoms with E-state index in [2.05, 4.69) is 31.1 Å². The van der Waals surface area contributed by atoms with Crippen molar-refractivity contribution >= 4 is 5.91 Å². The lowest BCUT2D eigenvalue weighted by Crippen LogP contribution is -2.46. The molecule has 4 rings (SSSR count). The van der Waals surface area contributed by atoms with Gasteiger partial charge in [-0.15, -0.1) is 0 Å². The Morgan fingerprint density at radius 2 is 1.97 bits per heavy atom. The average Bonchev–Trinajstić information content (AvgIpc) is 3.35. The highest BCUT2D eigenvalue weighted by atomic mass is 19.4. The Balaban J connectivity index is 1.74. The molecule has 0 unspecified atom stereocenters. The summed E-state index contributed by atoms with van der Waals surface area (Å²) in [5.41, 5.74) is -0.0326. The third-order valence-corrected chi connectivity index (χ3v) is 6.53. The monoisotopic (exact) mass is 494 g/mol. The van der Waals surface area contributed by atoms with Crippen LogP contribution in [0.3, 0.4) is 0 Å². The minimum atomic E-state index is -4.59. The fourth-order valence-corrected chi connectivity index (χ4v) is 4.41. The number of nitrogens with zero attached hydrogens (tertiary/aromatic N) is 3. The van der Waals surface area contributed by atoms with Gasteiger partial charge in [-0.2, -0.15) is 18.2 Å². The number of nitrogens with one attached hydrogen (secondary N) is 1. The Morgan fingerprint density at radius 1 is 1.23 bits per heavy atom. The average molecular weight is 495 g/mol. The third-order valence-electron chi connectivity index (χ3n) is 6.53. The van der Waals surface area contributed by atoms with E-state index >= 15 is 0 Å². The normalized spacial score (nSPS) is 21.3. The molecule has 2 saturated heterocycles. The lowest BCUT2D eigenvalue weighted by molar-refractivity contribution is -0.137. The van der Waals surface area contributed by atoms with E-state index in [4.69, 9.17) is 9.47 Å². The molecule has 1 amide bonds. The second-order valence-corrected chi connectivity index (χ2v) is 10.3. The quantitative estimate of drug-likeness (QED) is 0.663. The number of halogens is 3. The number of amides is 1. The maximum absolute atomic E-state index is 13.4. The molecule has 0 aliphatic carbocycles. The molecule has 2 aliphatic rings. The topological polar surface area (TPSA) is 69.8 Å². The standard InChI is InChI=1S/C25H33F3N4O3/c1-24(2,3)21-13-22(32(31(21)4)14-18-6-5-11-34-18)30-23(33)19-12-16(25(26,27)28)7-8-20(19)35-15-17-9-10-29-17/h7-8,12-13,17-18,29H,5-6,9-11,14-15H2,1-4H3/b30-22+/t17-,18+/m0/s1. The molecule has 2 fully saturated rings. The Hall–Kier alpha value is -2.59. The van der Waals surface area contributed by atoms with Gasteiger partial charge in [0, 0.05) is 36.9 Å². The second-order valence-electron chi connectivity index (χ2n) is 10.3. The molecular weight excluding hydrogens is 461 g/mol. The highest BCUT2D eigenvalue weighted by Crippen LogP contribution is 2.33. The second kappa shape index (κ2) is 9.81. The van der Waals surface area contributed by atoms with Crippen LogP contribution in [0, 0.1) is 0 Å². The highest BCUT2D eigenvalue weighted by molar-refractivity contribution is 5.97. The van der Waals surface area contributed by atoms with Crippen molar-refractivity contribution in [3.05, 3.63) is 46.6 Å². The van der Waals surface area contributed by atoms with Gasteiger partial charge in [-0.3, -0.25) is 14.2 Å². The summed E-state index contributed by atoms with van der Waals surface area (Å²) < 4.78 is 55.6. The molecular formula is C25H33F3N4O3. The summed E-state index contributed by atoms with van der Waals surface area (Å²) in [7, 11) is 1.89. The molecule has 0 radical (unpaired) electrons. The summed E-state index contributed by atoms with van der Waals surface area (Å²) in [6.07, 6.45) is -1.81. The molecule has 1 N–H and O–H groups in total. The van der Waals surface area contributed by atoms with E-state index in [1.807, 2.05) is 22.5 Å². The molecule has 10 heteroatoms. The first kappa shape index (κ1) is 25.5. The minimum Gasteiger partial charge on any atom is -0.491 e. The van der Waals surface area contributed by atoms with Gasteiger partial charge in [-0.05, 0) is 44.0 Å². The van der Waals surface area contributed by atoms with Crippen LogP contribution in [0.4, 0.5) is 13.2 Å². The fourth-order valence-electron chi connectivity index (χ4n) is 4.41. The summed E-state index contributed by atoms with van der Waals surface area (Å²) >= 11 is 0. The zero-order valence-corrected chi connectivity index (χ0v) is 20.6. The minimum absolute atomic E-state index is 0.00658. The molecule has 0 bridgehead atoms. The fraction of sp³-hybridized carbons (Fsp3) is 0.600. The summed E-state index contributed by atoms with van der Waals surface area (Å²) in [6.45, 7) is 8.49. The third kappa shape index (κ3) is 5.81. The van der Waals surface area contributed by atoms with Crippen LogP contribution in [0.15, 0.2) is 29.3 Å². The van der Waals surface area contributed by atoms with Gasteiger partial charge in [0.15, 0.2) is 5.49 Å². The first-order valence-corrected chi connectivity index (χ1v) is 12.0. The summed E-state index contributed by atoms with van der Waals surface area (Å²) in [5, 5.41) is 3.17. The molecule has 2 atom stereocenters. The molecule has 0 spiro atoms. The van der Waals surface area contributed by atoms with E-state index < -0.39 is 17.6 Å². The van der Waals surface area contributed by atoms with Crippen molar-refractivity contribution in [3.63, 3.8) is 0 Å². The van der Waals surface area contributed by atoms with Gasteiger partial charge in [-0.1, -0.05) is 20.8 Å². The largest absolute Gasteiger partial charge is 0.491 e. The van der Waals surface area contributed by atoms with Crippen molar-refractivity contribution in [2.75, 3.05) is 19.8 Å². The Morgan fingerprint density at radius 3 is 2.54 bits per heavy atom. The van der Waals surface area contributed by atoms with E-state index in [1.165, 1.54) is 6.07 Å². The first-order chi connectivity index (χ1) is 16.4. The van der Waals surface area contributed by atoms with Crippen molar-refractivity contribution in [1.82, 2.24) is 14.7 Å². The number of rotatable bonds is 6. The molecule has 2 aromatic rings. The van der Waals surface area contributed by atoms with E-state index in [0.29, 0.717) is 18.6 Å². The number of ether oxygens (including phenoxy) is 2. The van der Waals surface area contributed by atoms with E-state index in [9.17, 15) is 18.0 Å². The van der Waals surface area contributed by atoms with Crippen LogP contribution in [0.25, 0.3) is 0 Å². The Bertz CT molecular complexity index is 1130. The van der Waals surface area contributed by atoms with Crippen molar-refractivity contribution in [1.29, 1.82) is 0 Å². The predicted octanol–water partition coefficient (Wildman–Crippen LogP) is 3.80. The number of alkyl halides is 3. The van der Waals surface area contributed by atoms with E-state index in [0.717, 1.165) is 43.6 Å². The predicted molar refractivity (Wildman–Crippen MR) is 124 cm³/mol. The van der Waals surface area contributed by atoms with Crippen LogP contribution in [0.1, 0.15) is 61.6 Å². The SMILES string of the molecule is Cn1c(C(C)(C)C)c/c(=N\C(=O)c2cc(C(F)(F)F)ccc2OC[C@@H]2CCN2)n1C[C@H]1CCCO1. The maximum atomic E-state index is 13.4. The summed E-state index contributed by atoms with van der Waals surface area (Å²) in [6, 6.07) is 4.90. The Labute approximate surface area is 202 Å². The van der Waals surface area contributed by atoms with E-state index in [1.54, 1.807) is 0 Å². The summed E-state index contributed by atoms with van der Waals surface area (Å²) in [5.74, 6) is -0.682. The molecule has 7 nitrogen and oxygen atoms in total. The molecule has 0 saturated carbocycles. The van der Waals surface area contributed by atoms with Gasteiger partial charge < -0.3 is 14.8 Å². The van der Waals surface area contributed by atoms with Crippen LogP contribution in [0.5, 0.6) is 5.75 Å². The molecule has 192 valence electrons. The lowest BCUT2D eigenvalue weighted by atomic mass is 9.92. The smallest absolute Gasteiger partial charge is 0.416 e. The van der Waals surface area contributed by atoms with Gasteiger partial charge in [0.05, 0.1) is 23.8 Å². The zero-order valence-electron chi connectivity index (χ0n) is 20.6. The van der Waals surface area contributed by atoms with Crippen molar-refractivity contribution in [3.8, 4) is 5.75 Å². The van der Waals surface area contributed by atoms with Gasteiger partial charge in [0.25, 0.3) is 5.91 Å². The van der Waals surface area contributed by atoms with Crippen LogP contribution >= 0.6 is 0 Å². The van der Waals surface area contributed by atoms with Gasteiger partial charge in [0.1, 0.15) is 12.4 Å². The number of hydrogen-bond donors (Lipinski definition) is 1. The Kier molecular flexibility index (Phi) is 7.15. The molecule has 1 aromatic carbocycles. The van der Waals surface area contributed by atoms with Crippen molar-refractivity contribution in [2.24, 2.45) is 12.0 Å². The number of carbonyl (C=O) groups excluding carboxylic acids is 1. The first-order valence-electron chi connectivity index (χ1n) is 12.0. The lowest BCUT2D eigenvalue weighted by Gasteiger charge is -2.27. The van der Waals surface area contributed by atoms with Crippen LogP contribution in [-0.2, 0) is 29.9 Å². The van der Waals surface area contributed by atoms with E-state index in [-0.39, 0.29) is 35.5 Å². The number of carbonyl (C=O) groups is 1. The highest BCUT2D eigenvalue weighted by Gasteiger charge is 2.32. The van der Waals surface area contributed by atoms with Crippen LogP contribution < -0.4 is 15.5 Å². The number of aromatic nitrogens is 2. The van der Waals surface area contributed by atoms with Crippen LogP contribution in [0.2, 0.25) is 0 Å². The van der Waals surface area contributed by atoms with Gasteiger partial charge >= 0.3 is 6.18 Å². The number of benzene rings is 1. The maximum Gasteiger partial charge on any atom is 0.416 e. The molecule has 3 heterocycles.